The SMILES string of the molecule is COc1ccc(COC[C@@H](O)CN2[C@H](C)CCC[C@H]2C)cc1OC. The van der Waals surface area contributed by atoms with Crippen LogP contribution < -0.4 is 9.47 Å². The molecule has 0 saturated carbocycles. The summed E-state index contributed by atoms with van der Waals surface area (Å²) in [6.07, 6.45) is 3.24. The Labute approximate surface area is 145 Å². The minimum Gasteiger partial charge on any atom is -0.493 e. The van der Waals surface area contributed by atoms with Crippen LogP contribution in [0.3, 0.4) is 0 Å². The van der Waals surface area contributed by atoms with Gasteiger partial charge in [-0.05, 0) is 44.4 Å². The summed E-state index contributed by atoms with van der Waals surface area (Å²) in [6.45, 7) is 5.95. The molecule has 1 aliphatic rings. The highest BCUT2D eigenvalue weighted by Gasteiger charge is 2.26. The summed E-state index contributed by atoms with van der Waals surface area (Å²) >= 11 is 0. The number of aliphatic hydroxyl groups is 1. The number of rotatable bonds is 8. The third kappa shape index (κ3) is 5.10. The fraction of sp³-hybridized carbons (Fsp3) is 0.684. The van der Waals surface area contributed by atoms with E-state index in [0.29, 0.717) is 43.3 Å². The predicted octanol–water partition coefficient (Wildman–Crippen LogP) is 2.84. The van der Waals surface area contributed by atoms with E-state index in [0.717, 1.165) is 5.56 Å². The molecule has 1 fully saturated rings. The summed E-state index contributed by atoms with van der Waals surface area (Å²) < 4.78 is 16.2. The Hall–Kier alpha value is -1.30. The fourth-order valence-electron chi connectivity index (χ4n) is 3.41. The van der Waals surface area contributed by atoms with Crippen LogP contribution in [0.1, 0.15) is 38.7 Å². The number of methoxy groups -OCH3 is 2. The molecular weight excluding hydrogens is 306 g/mol. The molecule has 5 nitrogen and oxygen atoms in total. The van der Waals surface area contributed by atoms with E-state index >= 15 is 0 Å². The molecule has 0 bridgehead atoms. The van der Waals surface area contributed by atoms with Gasteiger partial charge in [0.2, 0.25) is 0 Å². The first-order valence-electron chi connectivity index (χ1n) is 8.77. The summed E-state index contributed by atoms with van der Waals surface area (Å²) in [4.78, 5) is 2.40. The van der Waals surface area contributed by atoms with E-state index in [1.807, 2.05) is 18.2 Å². The van der Waals surface area contributed by atoms with Gasteiger partial charge in [-0.1, -0.05) is 12.5 Å². The van der Waals surface area contributed by atoms with Gasteiger partial charge < -0.3 is 19.3 Å². The average Bonchev–Trinajstić information content (AvgIpc) is 2.58. The van der Waals surface area contributed by atoms with Gasteiger partial charge in [0.15, 0.2) is 11.5 Å². The quantitative estimate of drug-likeness (QED) is 0.790. The lowest BCUT2D eigenvalue weighted by Gasteiger charge is -2.40. The van der Waals surface area contributed by atoms with Crippen molar-refractivity contribution in [2.75, 3.05) is 27.4 Å². The molecular formula is C19H31NO4. The van der Waals surface area contributed by atoms with Crippen LogP contribution in [0.5, 0.6) is 11.5 Å². The summed E-state index contributed by atoms with van der Waals surface area (Å²) in [5, 5.41) is 10.3. The third-order valence-electron chi connectivity index (χ3n) is 4.82. The average molecular weight is 337 g/mol. The summed E-state index contributed by atoms with van der Waals surface area (Å²) in [5.41, 5.74) is 1.000. The molecule has 0 aliphatic carbocycles. The monoisotopic (exact) mass is 337 g/mol. The van der Waals surface area contributed by atoms with Crippen LogP contribution in [0.4, 0.5) is 0 Å². The van der Waals surface area contributed by atoms with E-state index in [4.69, 9.17) is 14.2 Å². The minimum absolute atomic E-state index is 0.338. The number of β-amino-alcohol motifs (C(OH)–C–C–N with tert-alkyl or cyclic N) is 1. The smallest absolute Gasteiger partial charge is 0.161 e. The van der Waals surface area contributed by atoms with Gasteiger partial charge in [-0.3, -0.25) is 4.90 Å². The highest BCUT2D eigenvalue weighted by Crippen LogP contribution is 2.28. The lowest BCUT2D eigenvalue weighted by Crippen LogP contribution is -2.48. The zero-order chi connectivity index (χ0) is 17.5. The molecule has 0 amide bonds. The number of likely N-dealkylation sites (tertiary alicyclic amines) is 1. The molecule has 3 atom stereocenters. The van der Waals surface area contributed by atoms with Crippen molar-refractivity contribution in [3.05, 3.63) is 23.8 Å². The van der Waals surface area contributed by atoms with Gasteiger partial charge in [-0.2, -0.15) is 0 Å². The van der Waals surface area contributed by atoms with Gasteiger partial charge in [-0.25, -0.2) is 0 Å². The second kappa shape index (κ2) is 9.25. The summed E-state index contributed by atoms with van der Waals surface area (Å²) in [6, 6.07) is 6.79. The van der Waals surface area contributed by atoms with Gasteiger partial charge in [0, 0.05) is 18.6 Å². The number of aliphatic hydroxyl groups excluding tert-OH is 1. The van der Waals surface area contributed by atoms with Crippen LogP contribution in [-0.4, -0.2) is 55.6 Å². The fourth-order valence-corrected chi connectivity index (χ4v) is 3.41. The predicted molar refractivity (Wildman–Crippen MR) is 94.7 cm³/mol. The maximum absolute atomic E-state index is 10.3. The molecule has 0 radical (unpaired) electrons. The Bertz CT molecular complexity index is 498. The highest BCUT2D eigenvalue weighted by atomic mass is 16.5. The molecule has 1 heterocycles. The molecule has 5 heteroatoms. The lowest BCUT2D eigenvalue weighted by molar-refractivity contribution is -0.0135. The molecule has 1 aromatic carbocycles. The lowest BCUT2D eigenvalue weighted by atomic mass is 9.97. The van der Waals surface area contributed by atoms with E-state index in [1.165, 1.54) is 19.3 Å². The maximum atomic E-state index is 10.3. The van der Waals surface area contributed by atoms with Gasteiger partial charge in [0.25, 0.3) is 0 Å². The second-order valence-electron chi connectivity index (χ2n) is 6.68. The standard InChI is InChI=1S/C19H31NO4/c1-14-6-5-7-15(2)20(14)11-17(21)13-24-12-16-8-9-18(22-3)19(10-16)23-4/h8-10,14-15,17,21H,5-7,11-13H2,1-4H3/t14-,15-,17+/m1/s1. The van der Waals surface area contributed by atoms with Crippen molar-refractivity contribution in [1.82, 2.24) is 4.90 Å². The van der Waals surface area contributed by atoms with E-state index in [2.05, 4.69) is 18.7 Å². The van der Waals surface area contributed by atoms with E-state index in [1.54, 1.807) is 14.2 Å². The van der Waals surface area contributed by atoms with Crippen LogP contribution in [0.2, 0.25) is 0 Å². The van der Waals surface area contributed by atoms with Gasteiger partial charge in [0.05, 0.1) is 33.5 Å². The Morgan fingerprint density at radius 1 is 1.12 bits per heavy atom. The Morgan fingerprint density at radius 3 is 2.42 bits per heavy atom. The Balaban J connectivity index is 1.79. The number of benzene rings is 1. The first kappa shape index (κ1) is 19.0. The molecule has 1 aromatic rings. The molecule has 0 spiro atoms. The van der Waals surface area contributed by atoms with Crippen molar-refractivity contribution in [2.24, 2.45) is 0 Å². The summed E-state index contributed by atoms with van der Waals surface area (Å²) in [7, 11) is 3.24. The van der Waals surface area contributed by atoms with Crippen molar-refractivity contribution in [3.8, 4) is 11.5 Å². The molecule has 1 N–H and O–H groups in total. The van der Waals surface area contributed by atoms with Crippen LogP contribution in [0.25, 0.3) is 0 Å². The Morgan fingerprint density at radius 2 is 1.79 bits per heavy atom. The molecule has 136 valence electrons. The van der Waals surface area contributed by atoms with Crippen LogP contribution in [0, 0.1) is 0 Å². The third-order valence-corrected chi connectivity index (χ3v) is 4.82. The number of nitrogens with zero attached hydrogens (tertiary/aromatic N) is 1. The second-order valence-corrected chi connectivity index (χ2v) is 6.68. The largest absolute Gasteiger partial charge is 0.493 e. The van der Waals surface area contributed by atoms with Crippen molar-refractivity contribution in [1.29, 1.82) is 0 Å². The van der Waals surface area contributed by atoms with Crippen LogP contribution >= 0.6 is 0 Å². The van der Waals surface area contributed by atoms with Crippen molar-refractivity contribution in [2.45, 2.75) is 57.9 Å². The Kier molecular flexibility index (Phi) is 7.34. The van der Waals surface area contributed by atoms with Crippen molar-refractivity contribution in [3.63, 3.8) is 0 Å². The molecule has 2 rings (SSSR count). The van der Waals surface area contributed by atoms with Gasteiger partial charge >= 0.3 is 0 Å². The normalized spacial score (nSPS) is 23.0. The van der Waals surface area contributed by atoms with E-state index in [9.17, 15) is 5.11 Å². The van der Waals surface area contributed by atoms with Gasteiger partial charge in [-0.15, -0.1) is 0 Å². The minimum atomic E-state index is -0.465. The number of hydrogen-bond acceptors (Lipinski definition) is 5. The number of ether oxygens (including phenoxy) is 3. The van der Waals surface area contributed by atoms with E-state index < -0.39 is 6.10 Å². The molecule has 24 heavy (non-hydrogen) atoms. The first-order chi connectivity index (χ1) is 11.5. The van der Waals surface area contributed by atoms with Crippen LogP contribution in [-0.2, 0) is 11.3 Å². The molecule has 1 aliphatic heterocycles. The van der Waals surface area contributed by atoms with E-state index in [-0.39, 0.29) is 0 Å². The number of hydrogen-bond donors (Lipinski definition) is 1. The van der Waals surface area contributed by atoms with Gasteiger partial charge in [0.1, 0.15) is 0 Å². The zero-order valence-electron chi connectivity index (χ0n) is 15.3. The topological polar surface area (TPSA) is 51.2 Å². The van der Waals surface area contributed by atoms with Crippen molar-refractivity contribution < 1.29 is 19.3 Å². The summed E-state index contributed by atoms with van der Waals surface area (Å²) in [5.74, 6) is 1.39. The number of piperidine rings is 1. The highest BCUT2D eigenvalue weighted by molar-refractivity contribution is 5.42. The molecule has 1 saturated heterocycles. The molecule has 0 aromatic heterocycles. The maximum Gasteiger partial charge on any atom is 0.161 e. The first-order valence-corrected chi connectivity index (χ1v) is 8.77. The molecule has 0 unspecified atom stereocenters. The zero-order valence-corrected chi connectivity index (χ0v) is 15.3. The van der Waals surface area contributed by atoms with Crippen molar-refractivity contribution >= 4 is 0 Å². The van der Waals surface area contributed by atoms with Crippen LogP contribution in [0.15, 0.2) is 18.2 Å².